The summed E-state index contributed by atoms with van der Waals surface area (Å²) in [6.45, 7) is 7.87. The highest BCUT2D eigenvalue weighted by atomic mass is 15.2. The maximum absolute atomic E-state index is 9.73. The molecule has 0 saturated carbocycles. The first-order chi connectivity index (χ1) is 9.09. The van der Waals surface area contributed by atoms with Crippen molar-refractivity contribution in [3.63, 3.8) is 0 Å². The van der Waals surface area contributed by atoms with Gasteiger partial charge in [-0.1, -0.05) is 44.2 Å². The zero-order valence-electron chi connectivity index (χ0n) is 12.5. The number of hydrogen-bond acceptors (Lipinski definition) is 3. The molecule has 0 amide bonds. The average molecular weight is 259 g/mol. The van der Waals surface area contributed by atoms with Gasteiger partial charge < -0.3 is 4.90 Å². The molecule has 0 radical (unpaired) electrons. The molecule has 2 unspecified atom stereocenters. The Labute approximate surface area is 117 Å². The van der Waals surface area contributed by atoms with Crippen LogP contribution in [0.1, 0.15) is 32.8 Å². The highest BCUT2D eigenvalue weighted by Crippen LogP contribution is 2.22. The van der Waals surface area contributed by atoms with Gasteiger partial charge in [0.2, 0.25) is 0 Å². The van der Waals surface area contributed by atoms with Gasteiger partial charge in [0.25, 0.3) is 0 Å². The molecular weight excluding hydrogens is 234 g/mol. The largest absolute Gasteiger partial charge is 0.300 e. The van der Waals surface area contributed by atoms with Crippen molar-refractivity contribution in [2.75, 3.05) is 20.1 Å². The van der Waals surface area contributed by atoms with E-state index >= 15 is 0 Å². The fraction of sp³-hybridized carbons (Fsp3) is 0.562. The van der Waals surface area contributed by atoms with Crippen LogP contribution in [-0.2, 0) is 5.54 Å². The second-order valence-electron chi connectivity index (χ2n) is 5.09. The Morgan fingerprint density at radius 1 is 1.32 bits per heavy atom. The molecule has 3 heteroatoms. The molecule has 19 heavy (non-hydrogen) atoms. The molecule has 104 valence electrons. The number of nitrogens with one attached hydrogen (secondary N) is 1. The molecule has 0 aliphatic rings. The van der Waals surface area contributed by atoms with Gasteiger partial charge in [0.1, 0.15) is 5.54 Å². The summed E-state index contributed by atoms with van der Waals surface area (Å²) in [5.74, 6) is 0. The van der Waals surface area contributed by atoms with Crippen LogP contribution in [0.15, 0.2) is 30.3 Å². The lowest BCUT2D eigenvalue weighted by Crippen LogP contribution is -2.51. The third-order valence-corrected chi connectivity index (χ3v) is 3.77. The Bertz CT molecular complexity index is 410. The molecule has 1 aromatic carbocycles. The van der Waals surface area contributed by atoms with Crippen LogP contribution in [0, 0.1) is 11.3 Å². The van der Waals surface area contributed by atoms with Crippen LogP contribution in [0.25, 0.3) is 0 Å². The summed E-state index contributed by atoms with van der Waals surface area (Å²) in [6, 6.07) is 13.0. The molecule has 0 saturated heterocycles. The minimum atomic E-state index is -0.631. The first-order valence-electron chi connectivity index (χ1n) is 7.01. The minimum absolute atomic E-state index is 0.468. The molecule has 0 fully saturated rings. The highest BCUT2D eigenvalue weighted by molar-refractivity contribution is 5.32. The average Bonchev–Trinajstić information content (AvgIpc) is 2.46. The van der Waals surface area contributed by atoms with Gasteiger partial charge in [0.05, 0.1) is 6.07 Å². The first kappa shape index (κ1) is 15.7. The maximum Gasteiger partial charge on any atom is 0.145 e. The molecule has 1 aromatic rings. The van der Waals surface area contributed by atoms with Crippen molar-refractivity contribution in [1.82, 2.24) is 10.2 Å². The van der Waals surface area contributed by atoms with Crippen molar-refractivity contribution in [1.29, 1.82) is 5.26 Å². The lowest BCUT2D eigenvalue weighted by Gasteiger charge is -2.35. The van der Waals surface area contributed by atoms with Crippen molar-refractivity contribution in [2.24, 2.45) is 0 Å². The van der Waals surface area contributed by atoms with Crippen LogP contribution in [0.2, 0.25) is 0 Å². The summed E-state index contributed by atoms with van der Waals surface area (Å²) < 4.78 is 0. The molecule has 0 aromatic heterocycles. The molecule has 0 aliphatic carbocycles. The Morgan fingerprint density at radius 2 is 1.95 bits per heavy atom. The first-order valence-corrected chi connectivity index (χ1v) is 7.01. The van der Waals surface area contributed by atoms with Gasteiger partial charge in [-0.3, -0.25) is 5.32 Å². The van der Waals surface area contributed by atoms with Crippen molar-refractivity contribution < 1.29 is 0 Å². The van der Waals surface area contributed by atoms with Crippen molar-refractivity contribution in [3.8, 4) is 6.07 Å². The van der Waals surface area contributed by atoms with Crippen molar-refractivity contribution in [3.05, 3.63) is 35.9 Å². The molecule has 3 nitrogen and oxygen atoms in total. The fourth-order valence-electron chi connectivity index (χ4n) is 2.25. The molecule has 1 rings (SSSR count). The van der Waals surface area contributed by atoms with E-state index in [-0.39, 0.29) is 0 Å². The van der Waals surface area contributed by atoms with Crippen molar-refractivity contribution >= 4 is 0 Å². The van der Waals surface area contributed by atoms with Crippen LogP contribution in [0.4, 0.5) is 0 Å². The van der Waals surface area contributed by atoms with E-state index in [2.05, 4.69) is 37.2 Å². The third kappa shape index (κ3) is 3.79. The topological polar surface area (TPSA) is 39.1 Å². The van der Waals surface area contributed by atoms with E-state index in [1.165, 1.54) is 0 Å². The predicted octanol–water partition coefficient (Wildman–Crippen LogP) is 2.75. The zero-order chi connectivity index (χ0) is 14.3. The smallest absolute Gasteiger partial charge is 0.145 e. The molecule has 2 atom stereocenters. The quantitative estimate of drug-likeness (QED) is 0.818. The summed E-state index contributed by atoms with van der Waals surface area (Å²) in [4.78, 5) is 2.25. The molecule has 0 heterocycles. The van der Waals surface area contributed by atoms with E-state index in [4.69, 9.17) is 0 Å². The summed E-state index contributed by atoms with van der Waals surface area (Å²) in [5.41, 5.74) is 0.406. The number of rotatable bonds is 7. The molecule has 0 spiro atoms. The summed E-state index contributed by atoms with van der Waals surface area (Å²) in [7, 11) is 2.08. The Kier molecular flexibility index (Phi) is 6.01. The van der Waals surface area contributed by atoms with Gasteiger partial charge in [-0.25, -0.2) is 0 Å². The SMILES string of the molecule is CCNC(C#N)(CN(C)C(C)CC)c1ccccc1. The normalized spacial score (nSPS) is 15.8. The van der Waals surface area contributed by atoms with E-state index in [1.807, 2.05) is 37.3 Å². The van der Waals surface area contributed by atoms with Crippen LogP contribution in [-0.4, -0.2) is 31.1 Å². The van der Waals surface area contributed by atoms with E-state index in [0.717, 1.165) is 18.5 Å². The van der Waals surface area contributed by atoms with Crippen LogP contribution < -0.4 is 5.32 Å². The number of hydrogen-bond donors (Lipinski definition) is 1. The van der Waals surface area contributed by atoms with Gasteiger partial charge in [-0.05, 0) is 32.5 Å². The van der Waals surface area contributed by atoms with E-state index in [0.29, 0.717) is 12.6 Å². The number of nitrogens with zero attached hydrogens (tertiary/aromatic N) is 2. The summed E-state index contributed by atoms with van der Waals surface area (Å²) in [6.07, 6.45) is 1.08. The van der Waals surface area contributed by atoms with Gasteiger partial charge in [-0.2, -0.15) is 5.26 Å². The van der Waals surface area contributed by atoms with Crippen LogP contribution in [0.3, 0.4) is 0 Å². The molecule has 0 bridgehead atoms. The van der Waals surface area contributed by atoms with E-state index in [1.54, 1.807) is 0 Å². The van der Waals surface area contributed by atoms with E-state index in [9.17, 15) is 5.26 Å². The summed E-state index contributed by atoms with van der Waals surface area (Å²) >= 11 is 0. The van der Waals surface area contributed by atoms with Gasteiger partial charge in [-0.15, -0.1) is 0 Å². The monoisotopic (exact) mass is 259 g/mol. The number of nitriles is 1. The Morgan fingerprint density at radius 3 is 2.42 bits per heavy atom. The lowest BCUT2D eigenvalue weighted by molar-refractivity contribution is 0.197. The number of likely N-dealkylation sites (N-methyl/N-ethyl adjacent to an activating group) is 2. The van der Waals surface area contributed by atoms with Crippen LogP contribution >= 0.6 is 0 Å². The van der Waals surface area contributed by atoms with Crippen molar-refractivity contribution in [2.45, 2.75) is 38.8 Å². The Balaban J connectivity index is 3.04. The van der Waals surface area contributed by atoms with Gasteiger partial charge >= 0.3 is 0 Å². The predicted molar refractivity (Wildman–Crippen MR) is 79.8 cm³/mol. The second-order valence-corrected chi connectivity index (χ2v) is 5.09. The lowest BCUT2D eigenvalue weighted by atomic mass is 9.90. The highest BCUT2D eigenvalue weighted by Gasteiger charge is 2.33. The molecule has 0 aliphatic heterocycles. The standard InChI is InChI=1S/C16H25N3/c1-5-14(3)19(4)13-16(12-17,18-6-2)15-10-8-7-9-11-15/h7-11,14,18H,5-6,13H2,1-4H3. The zero-order valence-corrected chi connectivity index (χ0v) is 12.5. The maximum atomic E-state index is 9.73. The summed E-state index contributed by atoms with van der Waals surface area (Å²) in [5, 5.41) is 13.1. The van der Waals surface area contributed by atoms with Gasteiger partial charge in [0.15, 0.2) is 0 Å². The Hall–Kier alpha value is -1.37. The van der Waals surface area contributed by atoms with E-state index < -0.39 is 5.54 Å². The second kappa shape index (κ2) is 7.28. The minimum Gasteiger partial charge on any atom is -0.300 e. The third-order valence-electron chi connectivity index (χ3n) is 3.77. The van der Waals surface area contributed by atoms with Gasteiger partial charge in [0, 0.05) is 12.6 Å². The van der Waals surface area contributed by atoms with Crippen LogP contribution in [0.5, 0.6) is 0 Å². The fourth-order valence-corrected chi connectivity index (χ4v) is 2.25. The molecular formula is C16H25N3. The molecule has 1 N–H and O–H groups in total. The number of benzene rings is 1.